The van der Waals surface area contributed by atoms with E-state index in [4.69, 9.17) is 9.84 Å². The third kappa shape index (κ3) is 4.25. The lowest BCUT2D eigenvalue weighted by molar-refractivity contribution is -0.131. The van der Waals surface area contributed by atoms with Crippen LogP contribution in [0.3, 0.4) is 0 Å². The van der Waals surface area contributed by atoms with E-state index in [9.17, 15) is 4.79 Å². The predicted molar refractivity (Wildman–Crippen MR) is 71.7 cm³/mol. The highest BCUT2D eigenvalue weighted by Gasteiger charge is 2.10. The fourth-order valence-corrected chi connectivity index (χ4v) is 2.81. The van der Waals surface area contributed by atoms with Gasteiger partial charge < -0.3 is 9.84 Å². The van der Waals surface area contributed by atoms with Crippen molar-refractivity contribution < 1.29 is 14.6 Å². The first-order valence-corrected chi connectivity index (χ1v) is 6.90. The molecule has 0 atom stereocenters. The van der Waals surface area contributed by atoms with E-state index in [0.29, 0.717) is 0 Å². The number of carboxylic acids is 1. The van der Waals surface area contributed by atoms with Crippen molar-refractivity contribution in [3.8, 4) is 0 Å². The van der Waals surface area contributed by atoms with Gasteiger partial charge in [0.25, 0.3) is 0 Å². The molecule has 0 aliphatic carbocycles. The third-order valence-electron chi connectivity index (χ3n) is 2.79. The number of carbonyl (C=O) groups is 1. The van der Waals surface area contributed by atoms with Crippen LogP contribution in [0.1, 0.15) is 16.9 Å². The van der Waals surface area contributed by atoms with Gasteiger partial charge in [0.1, 0.15) is 0 Å². The molecule has 98 valence electrons. The second kappa shape index (κ2) is 6.68. The maximum absolute atomic E-state index is 10.4. The molecule has 0 spiro atoms. The molecule has 0 unspecified atom stereocenters. The van der Waals surface area contributed by atoms with Gasteiger partial charge in [-0.2, -0.15) is 0 Å². The monoisotopic (exact) mass is 267 g/mol. The SMILES string of the molecule is O=C(O)/C=C/c1csc(CN2CCCOCC2)c1. The Labute approximate surface area is 110 Å². The summed E-state index contributed by atoms with van der Waals surface area (Å²) >= 11 is 1.67. The number of hydrogen-bond donors (Lipinski definition) is 1. The summed E-state index contributed by atoms with van der Waals surface area (Å²) in [7, 11) is 0. The Morgan fingerprint density at radius 1 is 1.50 bits per heavy atom. The van der Waals surface area contributed by atoms with Crippen LogP contribution in [0.5, 0.6) is 0 Å². The molecule has 1 aliphatic heterocycles. The first-order chi connectivity index (χ1) is 8.74. The summed E-state index contributed by atoms with van der Waals surface area (Å²) in [5.41, 5.74) is 0.962. The molecule has 1 aromatic heterocycles. The second-order valence-corrected chi connectivity index (χ2v) is 5.26. The summed E-state index contributed by atoms with van der Waals surface area (Å²) in [6.45, 7) is 4.62. The lowest BCUT2D eigenvalue weighted by Gasteiger charge is -2.17. The van der Waals surface area contributed by atoms with Gasteiger partial charge in [-0.05, 0) is 29.5 Å². The highest BCUT2D eigenvalue weighted by Crippen LogP contribution is 2.18. The summed E-state index contributed by atoms with van der Waals surface area (Å²) in [5.74, 6) is -0.910. The van der Waals surface area contributed by atoms with Crippen molar-refractivity contribution in [2.45, 2.75) is 13.0 Å². The first-order valence-electron chi connectivity index (χ1n) is 6.02. The van der Waals surface area contributed by atoms with Crippen molar-refractivity contribution in [1.82, 2.24) is 4.90 Å². The maximum Gasteiger partial charge on any atom is 0.328 e. The molecule has 2 rings (SSSR count). The normalized spacial score (nSPS) is 18.0. The first kappa shape index (κ1) is 13.3. The maximum atomic E-state index is 10.4. The molecule has 0 amide bonds. The molecular weight excluding hydrogens is 250 g/mol. The summed E-state index contributed by atoms with van der Waals surface area (Å²) in [4.78, 5) is 14.1. The number of thiophene rings is 1. The largest absolute Gasteiger partial charge is 0.478 e. The van der Waals surface area contributed by atoms with Crippen molar-refractivity contribution >= 4 is 23.4 Å². The van der Waals surface area contributed by atoms with Gasteiger partial charge in [-0.1, -0.05) is 0 Å². The minimum absolute atomic E-state index is 0.803. The molecular formula is C13H17NO3S. The van der Waals surface area contributed by atoms with Crippen LogP contribution in [-0.4, -0.2) is 42.3 Å². The van der Waals surface area contributed by atoms with Crippen LogP contribution in [0, 0.1) is 0 Å². The van der Waals surface area contributed by atoms with Crippen LogP contribution in [0.15, 0.2) is 17.5 Å². The van der Waals surface area contributed by atoms with Gasteiger partial charge in [0.15, 0.2) is 0 Å². The highest BCUT2D eigenvalue weighted by molar-refractivity contribution is 7.10. The topological polar surface area (TPSA) is 49.8 Å². The van der Waals surface area contributed by atoms with E-state index in [-0.39, 0.29) is 0 Å². The molecule has 18 heavy (non-hydrogen) atoms. The lowest BCUT2D eigenvalue weighted by atomic mass is 10.2. The smallest absolute Gasteiger partial charge is 0.328 e. The number of nitrogens with zero attached hydrogens (tertiary/aromatic N) is 1. The van der Waals surface area contributed by atoms with Gasteiger partial charge >= 0.3 is 5.97 Å². The van der Waals surface area contributed by atoms with Crippen molar-refractivity contribution in [3.63, 3.8) is 0 Å². The average Bonchev–Trinajstić information content (AvgIpc) is 2.62. The van der Waals surface area contributed by atoms with Crippen molar-refractivity contribution in [2.24, 2.45) is 0 Å². The van der Waals surface area contributed by atoms with Crippen molar-refractivity contribution in [3.05, 3.63) is 28.0 Å². The third-order valence-corrected chi connectivity index (χ3v) is 3.73. The minimum Gasteiger partial charge on any atom is -0.478 e. The average molecular weight is 267 g/mol. The molecule has 1 saturated heterocycles. The minimum atomic E-state index is -0.910. The van der Waals surface area contributed by atoms with Crippen LogP contribution in [-0.2, 0) is 16.1 Å². The summed E-state index contributed by atoms with van der Waals surface area (Å²) in [6, 6.07) is 2.05. The van der Waals surface area contributed by atoms with E-state index in [1.807, 2.05) is 5.38 Å². The number of rotatable bonds is 4. The van der Waals surface area contributed by atoms with E-state index in [2.05, 4.69) is 11.0 Å². The molecule has 1 N–H and O–H groups in total. The molecule has 2 heterocycles. The predicted octanol–water partition coefficient (Wildman–Crippen LogP) is 2.07. The molecule has 0 aromatic carbocycles. The fourth-order valence-electron chi connectivity index (χ4n) is 1.91. The molecule has 1 aliphatic rings. The van der Waals surface area contributed by atoms with E-state index >= 15 is 0 Å². The zero-order valence-corrected chi connectivity index (χ0v) is 11.0. The Morgan fingerprint density at radius 3 is 3.22 bits per heavy atom. The van der Waals surface area contributed by atoms with E-state index in [1.54, 1.807) is 17.4 Å². The zero-order chi connectivity index (χ0) is 12.8. The van der Waals surface area contributed by atoms with Gasteiger partial charge in [-0.15, -0.1) is 11.3 Å². The summed E-state index contributed by atoms with van der Waals surface area (Å²) in [5, 5.41) is 10.6. The molecule has 5 heteroatoms. The van der Waals surface area contributed by atoms with Crippen LogP contribution in [0.4, 0.5) is 0 Å². The molecule has 4 nitrogen and oxygen atoms in total. The number of hydrogen-bond acceptors (Lipinski definition) is 4. The standard InChI is InChI=1S/C13H17NO3S/c15-13(16)3-2-11-8-12(18-10-11)9-14-4-1-6-17-7-5-14/h2-3,8,10H,1,4-7,9H2,(H,15,16)/b3-2+. The quantitative estimate of drug-likeness (QED) is 0.848. The Bertz CT molecular complexity index is 420. The summed E-state index contributed by atoms with van der Waals surface area (Å²) in [6.07, 6.45) is 3.89. The van der Waals surface area contributed by atoms with Gasteiger partial charge in [-0.3, -0.25) is 4.90 Å². The fraction of sp³-hybridized carbons (Fsp3) is 0.462. The van der Waals surface area contributed by atoms with Gasteiger partial charge in [0, 0.05) is 37.2 Å². The molecule has 0 radical (unpaired) electrons. The lowest BCUT2D eigenvalue weighted by Crippen LogP contribution is -2.25. The van der Waals surface area contributed by atoms with Gasteiger partial charge in [0.2, 0.25) is 0 Å². The van der Waals surface area contributed by atoms with Crippen molar-refractivity contribution in [2.75, 3.05) is 26.3 Å². The Kier molecular flexibility index (Phi) is 4.92. The molecule has 0 saturated carbocycles. The van der Waals surface area contributed by atoms with E-state index in [0.717, 1.165) is 44.8 Å². The van der Waals surface area contributed by atoms with Gasteiger partial charge in [0.05, 0.1) is 6.61 Å². The van der Waals surface area contributed by atoms with Gasteiger partial charge in [-0.25, -0.2) is 4.79 Å². The van der Waals surface area contributed by atoms with Crippen LogP contribution < -0.4 is 0 Å². The molecule has 1 fully saturated rings. The van der Waals surface area contributed by atoms with E-state index < -0.39 is 5.97 Å². The Hall–Kier alpha value is -1.17. The summed E-state index contributed by atoms with van der Waals surface area (Å²) < 4.78 is 5.42. The zero-order valence-electron chi connectivity index (χ0n) is 10.2. The van der Waals surface area contributed by atoms with Crippen molar-refractivity contribution in [1.29, 1.82) is 0 Å². The molecule has 1 aromatic rings. The highest BCUT2D eigenvalue weighted by atomic mass is 32.1. The molecule has 0 bridgehead atoms. The Balaban J connectivity index is 1.91. The number of aliphatic carboxylic acids is 1. The van der Waals surface area contributed by atoms with Crippen LogP contribution in [0.2, 0.25) is 0 Å². The number of ether oxygens (including phenoxy) is 1. The van der Waals surface area contributed by atoms with E-state index in [1.165, 1.54) is 11.0 Å². The van der Waals surface area contributed by atoms with Crippen LogP contribution in [0.25, 0.3) is 6.08 Å². The second-order valence-electron chi connectivity index (χ2n) is 4.26. The number of carboxylic acid groups (broad SMARTS) is 1. The Morgan fingerprint density at radius 2 is 2.39 bits per heavy atom. The van der Waals surface area contributed by atoms with Crippen LogP contribution >= 0.6 is 11.3 Å².